The molecule has 1 heterocycles. The Morgan fingerprint density at radius 2 is 2.24 bits per heavy atom. The lowest BCUT2D eigenvalue weighted by Gasteiger charge is -2.03. The number of hydrogen-bond acceptors (Lipinski definition) is 5. The normalized spacial score (nSPS) is 21.0. The number of carbonyl (C=O) groups is 1. The zero-order valence-electron chi connectivity index (χ0n) is 10.4. The van der Waals surface area contributed by atoms with Crippen LogP contribution in [0.3, 0.4) is 0 Å². The van der Waals surface area contributed by atoms with Gasteiger partial charge in [0, 0.05) is 13.1 Å². The van der Waals surface area contributed by atoms with Gasteiger partial charge in [-0.05, 0) is 24.7 Å². The van der Waals surface area contributed by atoms with Crippen LogP contribution < -0.4 is 10.6 Å². The Bertz CT molecular complexity index is 415. The predicted molar refractivity (Wildman–Crippen MR) is 68.3 cm³/mol. The number of rotatable bonds is 5. The molecule has 0 saturated heterocycles. The summed E-state index contributed by atoms with van der Waals surface area (Å²) in [6.45, 7) is 7.95. The molecule has 1 aromatic rings. The Morgan fingerprint density at radius 3 is 2.82 bits per heavy atom. The summed E-state index contributed by atoms with van der Waals surface area (Å²) in [5.74, 6) is 0.488. The smallest absolute Gasteiger partial charge is 0.282 e. The molecule has 94 valence electrons. The predicted octanol–water partition coefficient (Wildman–Crippen LogP) is 1.75. The van der Waals surface area contributed by atoms with Crippen molar-refractivity contribution < 1.29 is 4.79 Å². The first-order valence-electron chi connectivity index (χ1n) is 5.88. The van der Waals surface area contributed by atoms with Crippen LogP contribution in [0.2, 0.25) is 0 Å². The van der Waals surface area contributed by atoms with E-state index in [1.807, 2.05) is 6.92 Å². The lowest BCUT2D eigenvalue weighted by Crippen LogP contribution is -2.26. The third-order valence-electron chi connectivity index (χ3n) is 3.17. The SMILES string of the molecule is CCNc1nnc(C(=O)NCC2CC2(C)C)s1. The van der Waals surface area contributed by atoms with Crippen LogP contribution in [0.1, 0.15) is 37.0 Å². The van der Waals surface area contributed by atoms with Gasteiger partial charge in [-0.2, -0.15) is 0 Å². The lowest BCUT2D eigenvalue weighted by atomic mass is 10.1. The molecule has 0 radical (unpaired) electrons. The van der Waals surface area contributed by atoms with Gasteiger partial charge in [-0.25, -0.2) is 0 Å². The van der Waals surface area contributed by atoms with Crippen molar-refractivity contribution in [3.8, 4) is 0 Å². The van der Waals surface area contributed by atoms with Crippen molar-refractivity contribution in [1.29, 1.82) is 0 Å². The number of anilines is 1. The number of nitrogens with zero attached hydrogens (tertiary/aromatic N) is 2. The molecule has 2 N–H and O–H groups in total. The first-order valence-corrected chi connectivity index (χ1v) is 6.70. The van der Waals surface area contributed by atoms with Crippen LogP contribution in [0.15, 0.2) is 0 Å². The minimum Gasteiger partial charge on any atom is -0.360 e. The first kappa shape index (κ1) is 12.3. The number of hydrogen-bond donors (Lipinski definition) is 2. The highest BCUT2D eigenvalue weighted by molar-refractivity contribution is 7.17. The van der Waals surface area contributed by atoms with E-state index in [0.29, 0.717) is 21.5 Å². The van der Waals surface area contributed by atoms with Crippen LogP contribution in [0.25, 0.3) is 0 Å². The van der Waals surface area contributed by atoms with E-state index in [-0.39, 0.29) is 5.91 Å². The van der Waals surface area contributed by atoms with Crippen LogP contribution in [-0.4, -0.2) is 29.2 Å². The van der Waals surface area contributed by atoms with E-state index in [4.69, 9.17) is 0 Å². The second kappa shape index (κ2) is 4.60. The van der Waals surface area contributed by atoms with Gasteiger partial charge >= 0.3 is 0 Å². The Morgan fingerprint density at radius 1 is 1.53 bits per heavy atom. The fourth-order valence-corrected chi connectivity index (χ4v) is 2.48. The average molecular weight is 254 g/mol. The average Bonchev–Trinajstić information content (AvgIpc) is 2.70. The van der Waals surface area contributed by atoms with Crippen molar-refractivity contribution >= 4 is 22.4 Å². The molecule has 2 rings (SSSR count). The molecule has 6 heteroatoms. The molecule has 1 aliphatic carbocycles. The molecule has 0 aromatic carbocycles. The molecule has 0 bridgehead atoms. The van der Waals surface area contributed by atoms with Crippen LogP contribution in [0.5, 0.6) is 0 Å². The van der Waals surface area contributed by atoms with Gasteiger partial charge in [-0.1, -0.05) is 25.2 Å². The molecule has 17 heavy (non-hydrogen) atoms. The van der Waals surface area contributed by atoms with E-state index in [9.17, 15) is 4.79 Å². The van der Waals surface area contributed by atoms with Crippen LogP contribution in [0.4, 0.5) is 5.13 Å². The van der Waals surface area contributed by atoms with Crippen molar-refractivity contribution in [2.24, 2.45) is 11.3 Å². The largest absolute Gasteiger partial charge is 0.360 e. The highest BCUT2D eigenvalue weighted by Crippen LogP contribution is 2.50. The van der Waals surface area contributed by atoms with Gasteiger partial charge in [0.25, 0.3) is 5.91 Å². The van der Waals surface area contributed by atoms with Gasteiger partial charge in [-0.15, -0.1) is 10.2 Å². The quantitative estimate of drug-likeness (QED) is 0.840. The fraction of sp³-hybridized carbons (Fsp3) is 0.727. The summed E-state index contributed by atoms with van der Waals surface area (Å²) in [4.78, 5) is 11.8. The fourth-order valence-electron chi connectivity index (χ4n) is 1.75. The van der Waals surface area contributed by atoms with Gasteiger partial charge in [0.15, 0.2) is 0 Å². The van der Waals surface area contributed by atoms with E-state index < -0.39 is 0 Å². The number of carbonyl (C=O) groups excluding carboxylic acids is 1. The monoisotopic (exact) mass is 254 g/mol. The van der Waals surface area contributed by atoms with Gasteiger partial charge in [0.1, 0.15) is 0 Å². The van der Waals surface area contributed by atoms with E-state index in [1.165, 1.54) is 17.8 Å². The molecular weight excluding hydrogens is 236 g/mol. The maximum Gasteiger partial charge on any atom is 0.282 e. The first-order chi connectivity index (χ1) is 8.03. The summed E-state index contributed by atoms with van der Waals surface area (Å²) >= 11 is 1.29. The summed E-state index contributed by atoms with van der Waals surface area (Å²) in [5.41, 5.74) is 0.392. The Labute approximate surface area is 105 Å². The number of nitrogens with one attached hydrogen (secondary N) is 2. The van der Waals surface area contributed by atoms with Gasteiger partial charge in [0.2, 0.25) is 10.1 Å². The summed E-state index contributed by atoms with van der Waals surface area (Å²) in [5, 5.41) is 14.8. The van der Waals surface area contributed by atoms with Crippen LogP contribution >= 0.6 is 11.3 Å². The van der Waals surface area contributed by atoms with Gasteiger partial charge in [0.05, 0.1) is 0 Å². The highest BCUT2D eigenvalue weighted by atomic mass is 32.1. The minimum absolute atomic E-state index is 0.116. The molecule has 1 fully saturated rings. The standard InChI is InChI=1S/C11H18N4OS/c1-4-12-10-15-14-9(17-10)8(16)13-6-7-5-11(7,2)3/h7H,4-6H2,1-3H3,(H,12,15)(H,13,16). The molecule has 1 atom stereocenters. The zero-order valence-corrected chi connectivity index (χ0v) is 11.2. The second-order valence-electron chi connectivity index (χ2n) is 5.04. The van der Waals surface area contributed by atoms with Crippen molar-refractivity contribution in [1.82, 2.24) is 15.5 Å². The summed E-state index contributed by atoms with van der Waals surface area (Å²) in [6.07, 6.45) is 1.19. The maximum atomic E-state index is 11.8. The van der Waals surface area contributed by atoms with Crippen molar-refractivity contribution in [3.05, 3.63) is 5.01 Å². The molecule has 1 saturated carbocycles. The number of aromatic nitrogens is 2. The summed E-state index contributed by atoms with van der Waals surface area (Å²) < 4.78 is 0. The van der Waals surface area contributed by atoms with Crippen LogP contribution in [-0.2, 0) is 0 Å². The van der Waals surface area contributed by atoms with Crippen molar-refractivity contribution in [3.63, 3.8) is 0 Å². The molecule has 0 aliphatic heterocycles. The molecule has 1 amide bonds. The van der Waals surface area contributed by atoms with Gasteiger partial charge in [-0.3, -0.25) is 4.79 Å². The molecule has 0 spiro atoms. The van der Waals surface area contributed by atoms with Crippen LogP contribution in [0, 0.1) is 11.3 Å². The van der Waals surface area contributed by atoms with E-state index >= 15 is 0 Å². The van der Waals surface area contributed by atoms with E-state index in [1.54, 1.807) is 0 Å². The summed E-state index contributed by atoms with van der Waals surface area (Å²) in [6, 6.07) is 0. The third-order valence-corrected chi connectivity index (χ3v) is 4.05. The van der Waals surface area contributed by atoms with E-state index in [0.717, 1.165) is 13.1 Å². The summed E-state index contributed by atoms with van der Waals surface area (Å²) in [7, 11) is 0. The van der Waals surface area contributed by atoms with Crippen molar-refractivity contribution in [2.45, 2.75) is 27.2 Å². The number of amides is 1. The third kappa shape index (κ3) is 2.94. The molecule has 1 aromatic heterocycles. The Kier molecular flexibility index (Phi) is 3.33. The molecule has 1 aliphatic rings. The minimum atomic E-state index is -0.116. The maximum absolute atomic E-state index is 11.8. The Hall–Kier alpha value is -1.17. The molecular formula is C11H18N4OS. The lowest BCUT2D eigenvalue weighted by molar-refractivity contribution is 0.0949. The highest BCUT2D eigenvalue weighted by Gasteiger charge is 2.45. The van der Waals surface area contributed by atoms with Gasteiger partial charge < -0.3 is 10.6 Å². The topological polar surface area (TPSA) is 66.9 Å². The Balaban J connectivity index is 1.82. The zero-order chi connectivity index (χ0) is 12.5. The molecule has 1 unspecified atom stereocenters. The van der Waals surface area contributed by atoms with Crippen molar-refractivity contribution in [2.75, 3.05) is 18.4 Å². The van der Waals surface area contributed by atoms with E-state index in [2.05, 4.69) is 34.7 Å². The second-order valence-corrected chi connectivity index (χ2v) is 6.02. The molecule has 5 nitrogen and oxygen atoms in total.